The van der Waals surface area contributed by atoms with Crippen molar-refractivity contribution in [2.24, 2.45) is 0 Å². The molecule has 168 valence electrons. The van der Waals surface area contributed by atoms with E-state index in [4.69, 9.17) is 27.9 Å². The average molecular weight is 529 g/mol. The number of halogens is 3. The minimum atomic E-state index is -0.121. The Morgan fingerprint density at radius 2 is 2.03 bits per heavy atom. The topological polar surface area (TPSA) is 44.8 Å². The second-order valence-corrected chi connectivity index (χ2v) is 9.76. The van der Waals surface area contributed by atoms with Crippen molar-refractivity contribution in [3.8, 4) is 5.75 Å². The molecule has 1 saturated heterocycles. The molecule has 1 atom stereocenters. The van der Waals surface area contributed by atoms with Gasteiger partial charge in [-0.3, -0.25) is 9.69 Å². The number of hydrogen-bond acceptors (Lipinski definition) is 4. The fraction of sp³-hybridized carbons (Fsp3) is 0.435. The molecule has 8 heteroatoms. The summed E-state index contributed by atoms with van der Waals surface area (Å²) in [5, 5.41) is 3.93. The van der Waals surface area contributed by atoms with Crippen LogP contribution in [0.4, 0.5) is 0 Å². The maximum absolute atomic E-state index is 12.5. The van der Waals surface area contributed by atoms with Gasteiger partial charge in [-0.2, -0.15) is 0 Å². The molecule has 0 unspecified atom stereocenters. The summed E-state index contributed by atoms with van der Waals surface area (Å²) in [5.41, 5.74) is 1.74. The van der Waals surface area contributed by atoms with E-state index >= 15 is 0 Å². The van der Waals surface area contributed by atoms with E-state index in [1.54, 1.807) is 18.2 Å². The number of rotatable bonds is 9. The van der Waals surface area contributed by atoms with Crippen LogP contribution in [0.3, 0.4) is 0 Å². The molecule has 0 aliphatic carbocycles. The number of nitrogens with one attached hydrogen (secondary N) is 1. The second kappa shape index (κ2) is 11.5. The fourth-order valence-corrected chi connectivity index (χ4v) is 4.42. The molecule has 1 N–H and O–H groups in total. The van der Waals surface area contributed by atoms with Crippen molar-refractivity contribution in [3.63, 3.8) is 0 Å². The summed E-state index contributed by atoms with van der Waals surface area (Å²) in [6.07, 6.45) is 1.91. The summed E-state index contributed by atoms with van der Waals surface area (Å²) in [6.45, 7) is 4.29. The van der Waals surface area contributed by atoms with Gasteiger partial charge in [0.2, 0.25) is 0 Å². The van der Waals surface area contributed by atoms with Crippen LogP contribution in [0.25, 0.3) is 0 Å². The first-order chi connectivity index (χ1) is 14.8. The lowest BCUT2D eigenvalue weighted by Crippen LogP contribution is -2.37. The summed E-state index contributed by atoms with van der Waals surface area (Å²) < 4.78 is 6.85. The third kappa shape index (κ3) is 7.36. The monoisotopic (exact) mass is 527 g/mol. The molecule has 2 aromatic rings. The van der Waals surface area contributed by atoms with Gasteiger partial charge in [-0.15, -0.1) is 0 Å². The SMILES string of the molecule is CN(C)CCCOc1ccc(CN2CC[C@H](NC(=O)c3ccc(Cl)c(Cl)c3)C2)cc1Br. The molecule has 3 rings (SSSR count). The minimum absolute atomic E-state index is 0.115. The summed E-state index contributed by atoms with van der Waals surface area (Å²) in [6, 6.07) is 11.3. The minimum Gasteiger partial charge on any atom is -0.492 e. The molecule has 5 nitrogen and oxygen atoms in total. The number of benzene rings is 2. The third-order valence-electron chi connectivity index (χ3n) is 5.20. The smallest absolute Gasteiger partial charge is 0.251 e. The summed E-state index contributed by atoms with van der Waals surface area (Å²) >= 11 is 15.6. The van der Waals surface area contributed by atoms with Gasteiger partial charge >= 0.3 is 0 Å². The van der Waals surface area contributed by atoms with Gasteiger partial charge in [0, 0.05) is 37.8 Å². The zero-order chi connectivity index (χ0) is 22.4. The number of carbonyl (C=O) groups excluding carboxylic acids is 1. The maximum Gasteiger partial charge on any atom is 0.251 e. The quantitative estimate of drug-likeness (QED) is 0.460. The van der Waals surface area contributed by atoms with Crippen LogP contribution in [0.15, 0.2) is 40.9 Å². The van der Waals surface area contributed by atoms with Crippen molar-refractivity contribution in [3.05, 3.63) is 62.0 Å². The summed E-state index contributed by atoms with van der Waals surface area (Å²) in [4.78, 5) is 17.0. The lowest BCUT2D eigenvalue weighted by atomic mass is 10.2. The van der Waals surface area contributed by atoms with Crippen molar-refractivity contribution < 1.29 is 9.53 Å². The first-order valence-electron chi connectivity index (χ1n) is 10.4. The molecule has 31 heavy (non-hydrogen) atoms. The van der Waals surface area contributed by atoms with Crippen LogP contribution in [0.1, 0.15) is 28.8 Å². The number of likely N-dealkylation sites (tertiary alicyclic amines) is 1. The zero-order valence-corrected chi connectivity index (χ0v) is 20.9. The predicted octanol–water partition coefficient (Wildman–Crippen LogP) is 5.09. The van der Waals surface area contributed by atoms with Crippen molar-refractivity contribution in [2.75, 3.05) is 40.3 Å². The van der Waals surface area contributed by atoms with Crippen molar-refractivity contribution in [1.82, 2.24) is 15.1 Å². The zero-order valence-electron chi connectivity index (χ0n) is 17.8. The maximum atomic E-state index is 12.5. The van der Waals surface area contributed by atoms with Gasteiger partial charge < -0.3 is 15.0 Å². The van der Waals surface area contributed by atoms with E-state index < -0.39 is 0 Å². The van der Waals surface area contributed by atoms with Gasteiger partial charge in [0.1, 0.15) is 5.75 Å². The van der Waals surface area contributed by atoms with E-state index in [-0.39, 0.29) is 11.9 Å². The van der Waals surface area contributed by atoms with Gasteiger partial charge in [-0.25, -0.2) is 0 Å². The van der Waals surface area contributed by atoms with Crippen LogP contribution >= 0.6 is 39.1 Å². The highest BCUT2D eigenvalue weighted by atomic mass is 79.9. The molecule has 1 heterocycles. The molecular weight excluding hydrogens is 501 g/mol. The molecule has 0 spiro atoms. The van der Waals surface area contributed by atoms with Gasteiger partial charge in [-0.05, 0) is 78.8 Å². The number of nitrogens with zero attached hydrogens (tertiary/aromatic N) is 2. The molecule has 1 amide bonds. The highest BCUT2D eigenvalue weighted by Crippen LogP contribution is 2.27. The number of hydrogen-bond donors (Lipinski definition) is 1. The number of amides is 1. The normalized spacial score (nSPS) is 16.6. The molecule has 1 aliphatic rings. The van der Waals surface area contributed by atoms with Crippen LogP contribution in [-0.2, 0) is 6.54 Å². The molecule has 0 bridgehead atoms. The van der Waals surface area contributed by atoms with Crippen LogP contribution in [-0.4, -0.2) is 62.1 Å². The highest BCUT2D eigenvalue weighted by Gasteiger charge is 2.24. The van der Waals surface area contributed by atoms with Crippen molar-refractivity contribution in [2.45, 2.75) is 25.4 Å². The Labute approximate surface area is 202 Å². The standard InChI is InChI=1S/C23H28BrCl2N3O2/c1-28(2)9-3-11-31-22-7-4-16(12-19(22)24)14-29-10-8-18(15-29)27-23(30)17-5-6-20(25)21(26)13-17/h4-7,12-13,18H,3,8-11,14-15H2,1-2H3,(H,27,30)/t18-/m0/s1. The van der Waals surface area contributed by atoms with Gasteiger partial charge in [0.15, 0.2) is 0 Å². The molecule has 0 saturated carbocycles. The first-order valence-corrected chi connectivity index (χ1v) is 11.9. The second-order valence-electron chi connectivity index (χ2n) is 8.09. The fourth-order valence-electron chi connectivity index (χ4n) is 3.58. The Hall–Kier alpha value is -1.31. The summed E-state index contributed by atoms with van der Waals surface area (Å²) in [7, 11) is 4.12. The largest absolute Gasteiger partial charge is 0.492 e. The highest BCUT2D eigenvalue weighted by molar-refractivity contribution is 9.10. The van der Waals surface area contributed by atoms with Gasteiger partial charge in [0.05, 0.1) is 21.1 Å². The van der Waals surface area contributed by atoms with Crippen molar-refractivity contribution in [1.29, 1.82) is 0 Å². The van der Waals surface area contributed by atoms with Crippen LogP contribution in [0.2, 0.25) is 10.0 Å². The molecule has 0 radical (unpaired) electrons. The molecular formula is C23H28BrCl2N3O2. The van der Waals surface area contributed by atoms with E-state index in [1.165, 1.54) is 5.56 Å². The Morgan fingerprint density at radius 1 is 1.23 bits per heavy atom. The van der Waals surface area contributed by atoms with E-state index in [0.717, 1.165) is 49.2 Å². The van der Waals surface area contributed by atoms with Crippen molar-refractivity contribution >= 4 is 45.0 Å². The number of carbonyl (C=O) groups is 1. The van der Waals surface area contributed by atoms with Crippen LogP contribution in [0.5, 0.6) is 5.75 Å². The van der Waals surface area contributed by atoms with Gasteiger partial charge in [-0.1, -0.05) is 29.3 Å². The van der Waals surface area contributed by atoms with E-state index in [0.29, 0.717) is 22.2 Å². The van der Waals surface area contributed by atoms with Crippen LogP contribution < -0.4 is 10.1 Å². The molecule has 1 fully saturated rings. The third-order valence-corrected chi connectivity index (χ3v) is 6.56. The lowest BCUT2D eigenvalue weighted by Gasteiger charge is -2.18. The lowest BCUT2D eigenvalue weighted by molar-refractivity contribution is 0.0937. The molecule has 1 aliphatic heterocycles. The van der Waals surface area contributed by atoms with E-state index in [2.05, 4.69) is 57.3 Å². The predicted molar refractivity (Wildman–Crippen MR) is 130 cm³/mol. The number of ether oxygens (including phenoxy) is 1. The Morgan fingerprint density at radius 3 is 2.74 bits per heavy atom. The Kier molecular flexibility index (Phi) is 9.05. The van der Waals surface area contributed by atoms with Crippen LogP contribution in [0, 0.1) is 0 Å². The van der Waals surface area contributed by atoms with E-state index in [9.17, 15) is 4.79 Å². The Balaban J connectivity index is 1.47. The Bertz CT molecular complexity index is 910. The van der Waals surface area contributed by atoms with Gasteiger partial charge in [0.25, 0.3) is 5.91 Å². The summed E-state index contributed by atoms with van der Waals surface area (Å²) in [5.74, 6) is 0.750. The molecule has 2 aromatic carbocycles. The van der Waals surface area contributed by atoms with E-state index in [1.807, 2.05) is 6.07 Å². The first kappa shape index (κ1) is 24.3. The molecule has 0 aromatic heterocycles. The average Bonchev–Trinajstić information content (AvgIpc) is 3.15.